The summed E-state index contributed by atoms with van der Waals surface area (Å²) in [5.74, 6) is 1.27. The zero-order valence-electron chi connectivity index (χ0n) is 22.2. The van der Waals surface area contributed by atoms with Crippen molar-refractivity contribution in [2.45, 2.75) is 83.1 Å². The maximum absolute atomic E-state index is 9.41. The minimum atomic E-state index is 0.150. The second kappa shape index (κ2) is 11.0. The third-order valence-corrected chi connectivity index (χ3v) is 8.48. The maximum atomic E-state index is 9.41. The number of nitrogens with zero attached hydrogens (tertiary/aromatic N) is 2. The Morgan fingerprint density at radius 2 is 1.69 bits per heavy atom. The van der Waals surface area contributed by atoms with E-state index in [1.807, 2.05) is 0 Å². The molecule has 35 heavy (non-hydrogen) atoms. The third kappa shape index (κ3) is 6.07. The Hall–Kier alpha value is -1.95. The van der Waals surface area contributed by atoms with Gasteiger partial charge in [0, 0.05) is 37.9 Å². The minimum Gasteiger partial charge on any atom is -0.396 e. The van der Waals surface area contributed by atoms with Crippen molar-refractivity contribution in [3.63, 3.8) is 0 Å². The minimum absolute atomic E-state index is 0.150. The Bertz CT molecular complexity index is 979. The molecule has 5 nitrogen and oxygen atoms in total. The average molecular weight is 480 g/mol. The number of rotatable bonds is 9. The molecule has 1 saturated heterocycles. The van der Waals surface area contributed by atoms with E-state index in [4.69, 9.17) is 10.1 Å². The lowest BCUT2D eigenvalue weighted by Gasteiger charge is -2.42. The van der Waals surface area contributed by atoms with Crippen LogP contribution in [-0.4, -0.2) is 54.1 Å². The summed E-state index contributed by atoms with van der Waals surface area (Å²) in [6, 6.07) is 13.9. The average Bonchev–Trinajstić information content (AvgIpc) is 2.86. The van der Waals surface area contributed by atoms with E-state index in [0.29, 0.717) is 12.5 Å². The summed E-state index contributed by atoms with van der Waals surface area (Å²) < 4.78 is 0. The smallest absolute Gasteiger partial charge is 0.129 e. The van der Waals surface area contributed by atoms with Gasteiger partial charge in [-0.1, -0.05) is 45.9 Å². The van der Waals surface area contributed by atoms with Crippen molar-refractivity contribution in [3.8, 4) is 11.3 Å². The molecule has 0 radical (unpaired) electrons. The molecule has 0 amide bonds. The molecule has 192 valence electrons. The van der Waals surface area contributed by atoms with Crippen molar-refractivity contribution in [1.29, 1.82) is 0 Å². The van der Waals surface area contributed by atoms with Crippen molar-refractivity contribution in [2.24, 2.45) is 5.92 Å². The van der Waals surface area contributed by atoms with Crippen LogP contribution in [0.4, 0.5) is 5.82 Å². The first kappa shape index (κ1) is 26.1. The van der Waals surface area contributed by atoms with Crippen molar-refractivity contribution in [3.05, 3.63) is 47.5 Å². The molecule has 0 bridgehead atoms. The monoisotopic (exact) mass is 479 g/mol. The zero-order chi connectivity index (χ0) is 25.1. The summed E-state index contributed by atoms with van der Waals surface area (Å²) in [4.78, 5) is 7.51. The molecule has 1 fully saturated rings. The molecule has 1 aliphatic carbocycles. The number of hydrogen-bond acceptors (Lipinski definition) is 5. The molecule has 1 aliphatic heterocycles. The molecular weight excluding hydrogens is 434 g/mol. The van der Waals surface area contributed by atoms with Gasteiger partial charge in [-0.05, 0) is 91.1 Å². The number of nitrogens with one attached hydrogen (secondary N) is 1. The highest BCUT2D eigenvalue weighted by molar-refractivity contribution is 5.65. The van der Waals surface area contributed by atoms with Crippen molar-refractivity contribution < 1.29 is 10.2 Å². The van der Waals surface area contributed by atoms with E-state index < -0.39 is 0 Å². The fourth-order valence-electron chi connectivity index (χ4n) is 5.82. The number of hydrogen-bond donors (Lipinski definition) is 3. The zero-order valence-corrected chi connectivity index (χ0v) is 22.2. The largest absolute Gasteiger partial charge is 0.396 e. The lowest BCUT2D eigenvalue weighted by molar-refractivity contribution is 0.175. The molecule has 3 N–H and O–H groups in total. The van der Waals surface area contributed by atoms with E-state index in [1.54, 1.807) is 0 Å². The Kier molecular flexibility index (Phi) is 8.19. The molecule has 2 aliphatic rings. The predicted molar refractivity (Wildman–Crippen MR) is 145 cm³/mol. The second-order valence-corrected chi connectivity index (χ2v) is 12.0. The van der Waals surface area contributed by atoms with Crippen LogP contribution in [0.25, 0.3) is 11.3 Å². The molecule has 1 unspecified atom stereocenters. The van der Waals surface area contributed by atoms with Gasteiger partial charge in [0.2, 0.25) is 0 Å². The van der Waals surface area contributed by atoms with Crippen LogP contribution in [0.2, 0.25) is 0 Å². The number of aliphatic hydroxyl groups excluding tert-OH is 2. The number of fused-ring (bicyclic) bond motifs is 1. The first-order chi connectivity index (χ1) is 16.7. The molecular formula is C30H45N3O2. The molecule has 1 aromatic carbocycles. The normalized spacial score (nSPS) is 20.5. The van der Waals surface area contributed by atoms with E-state index in [0.717, 1.165) is 50.4 Å². The first-order valence-electron chi connectivity index (χ1n) is 13.6. The van der Waals surface area contributed by atoms with Gasteiger partial charge in [-0.15, -0.1) is 0 Å². The highest BCUT2D eigenvalue weighted by atomic mass is 16.3. The van der Waals surface area contributed by atoms with Crippen LogP contribution in [0.5, 0.6) is 0 Å². The van der Waals surface area contributed by atoms with Crippen LogP contribution in [0, 0.1) is 5.92 Å². The highest BCUT2D eigenvalue weighted by Gasteiger charge is 2.37. The van der Waals surface area contributed by atoms with E-state index in [1.165, 1.54) is 29.5 Å². The molecule has 5 heteroatoms. The number of pyridine rings is 1. The van der Waals surface area contributed by atoms with Crippen LogP contribution in [-0.2, 0) is 10.8 Å². The highest BCUT2D eigenvalue weighted by Crippen LogP contribution is 2.46. The van der Waals surface area contributed by atoms with Gasteiger partial charge in [0.15, 0.2) is 0 Å². The molecule has 4 rings (SSSR count). The summed E-state index contributed by atoms with van der Waals surface area (Å²) >= 11 is 0. The number of anilines is 1. The predicted octanol–water partition coefficient (Wildman–Crippen LogP) is 5.04. The van der Waals surface area contributed by atoms with Crippen LogP contribution in [0.1, 0.15) is 77.3 Å². The molecule has 0 spiro atoms. The topological polar surface area (TPSA) is 68.6 Å². The van der Waals surface area contributed by atoms with E-state index >= 15 is 0 Å². The fraction of sp³-hybridized carbons (Fsp3) is 0.633. The van der Waals surface area contributed by atoms with Crippen LogP contribution >= 0.6 is 0 Å². The first-order valence-corrected chi connectivity index (χ1v) is 13.6. The van der Waals surface area contributed by atoms with Gasteiger partial charge >= 0.3 is 0 Å². The van der Waals surface area contributed by atoms with E-state index in [2.05, 4.69) is 74.3 Å². The molecule has 1 aromatic heterocycles. The van der Waals surface area contributed by atoms with Crippen molar-refractivity contribution >= 4 is 5.82 Å². The van der Waals surface area contributed by atoms with Crippen molar-refractivity contribution in [1.82, 2.24) is 10.3 Å². The molecule has 2 aromatic rings. The van der Waals surface area contributed by atoms with E-state index in [-0.39, 0.29) is 30.0 Å². The summed E-state index contributed by atoms with van der Waals surface area (Å²) in [6.07, 6.45) is 6.23. The molecule has 2 heterocycles. The fourth-order valence-corrected chi connectivity index (χ4v) is 5.82. The van der Waals surface area contributed by atoms with Gasteiger partial charge in [-0.3, -0.25) is 0 Å². The van der Waals surface area contributed by atoms with Gasteiger partial charge in [0.25, 0.3) is 0 Å². The molecule has 0 saturated carbocycles. The number of aromatic nitrogens is 1. The summed E-state index contributed by atoms with van der Waals surface area (Å²) in [6.45, 7) is 12.7. The van der Waals surface area contributed by atoms with Crippen LogP contribution in [0.15, 0.2) is 36.4 Å². The van der Waals surface area contributed by atoms with Crippen molar-refractivity contribution in [2.75, 3.05) is 37.7 Å². The van der Waals surface area contributed by atoms with E-state index in [9.17, 15) is 5.11 Å². The number of aliphatic hydroxyl groups is 2. The molecule has 1 atom stereocenters. The van der Waals surface area contributed by atoms with Gasteiger partial charge in [-0.25, -0.2) is 4.98 Å². The summed E-state index contributed by atoms with van der Waals surface area (Å²) in [7, 11) is 0. The van der Waals surface area contributed by atoms with Gasteiger partial charge in [0.05, 0.1) is 5.69 Å². The second-order valence-electron chi connectivity index (χ2n) is 12.0. The third-order valence-electron chi connectivity index (χ3n) is 8.48. The Morgan fingerprint density at radius 3 is 2.37 bits per heavy atom. The van der Waals surface area contributed by atoms with Crippen LogP contribution in [0.3, 0.4) is 0 Å². The maximum Gasteiger partial charge on any atom is 0.129 e. The Balaban J connectivity index is 1.40. The van der Waals surface area contributed by atoms with Gasteiger partial charge in [0.1, 0.15) is 5.82 Å². The van der Waals surface area contributed by atoms with Gasteiger partial charge < -0.3 is 20.4 Å². The number of benzene rings is 1. The standard InChI is InChI=1S/C30H45N3O2/c1-29(2)14-15-30(3,4)26-20-23(8-9-25(26)29)27-6-5-7-28(32-27)33-17-11-24(12-18-33)31-16-10-22(21-35)13-19-34/h5-9,20,22,24,31,34-35H,10-19,21H2,1-4H3. The Labute approximate surface area is 212 Å². The van der Waals surface area contributed by atoms with Crippen LogP contribution < -0.4 is 10.2 Å². The summed E-state index contributed by atoms with van der Waals surface area (Å²) in [5, 5.41) is 22.2. The lowest BCUT2D eigenvalue weighted by Crippen LogP contribution is -2.43. The SMILES string of the molecule is CC1(C)CCC(C)(C)c2cc(-c3cccc(N4CCC(NCCC(CO)CCO)CC4)n3)ccc21. The number of piperidine rings is 1. The Morgan fingerprint density at radius 1 is 0.971 bits per heavy atom. The van der Waals surface area contributed by atoms with Gasteiger partial charge in [-0.2, -0.15) is 0 Å². The quantitative estimate of drug-likeness (QED) is 0.470. The summed E-state index contributed by atoms with van der Waals surface area (Å²) in [5.41, 5.74) is 5.67. The lowest BCUT2D eigenvalue weighted by atomic mass is 9.63.